The van der Waals surface area contributed by atoms with Crippen molar-refractivity contribution in [2.24, 2.45) is 5.92 Å². The average molecular weight is 269 g/mol. The predicted molar refractivity (Wildman–Crippen MR) is 83.6 cm³/mol. The Hall–Kier alpha value is -0.0800. The van der Waals surface area contributed by atoms with E-state index in [1.165, 1.54) is 44.9 Å². The molecule has 2 nitrogen and oxygen atoms in total. The molecule has 3 atom stereocenters. The Balaban J connectivity index is 2.11. The molecule has 1 aliphatic carbocycles. The lowest BCUT2D eigenvalue weighted by molar-refractivity contribution is -0.0361. The van der Waals surface area contributed by atoms with Crippen LogP contribution in [0.2, 0.25) is 0 Å². The lowest BCUT2D eigenvalue weighted by Gasteiger charge is -2.31. The van der Waals surface area contributed by atoms with Gasteiger partial charge < -0.3 is 10.1 Å². The topological polar surface area (TPSA) is 21.3 Å². The maximum atomic E-state index is 6.23. The Bertz CT molecular complexity index is 234. The number of rotatable bonds is 7. The van der Waals surface area contributed by atoms with Crippen LogP contribution in [-0.2, 0) is 4.74 Å². The molecule has 0 amide bonds. The number of hydrogen-bond donors (Lipinski definition) is 1. The van der Waals surface area contributed by atoms with Crippen molar-refractivity contribution in [2.75, 3.05) is 6.54 Å². The number of hydrogen-bond acceptors (Lipinski definition) is 2. The number of ether oxygens (including phenoxy) is 1. The van der Waals surface area contributed by atoms with E-state index in [9.17, 15) is 0 Å². The molecule has 114 valence electrons. The van der Waals surface area contributed by atoms with Crippen molar-refractivity contribution in [1.29, 1.82) is 0 Å². The fraction of sp³-hybridized carbons (Fsp3) is 1.00. The van der Waals surface area contributed by atoms with Gasteiger partial charge in [-0.2, -0.15) is 0 Å². The van der Waals surface area contributed by atoms with Crippen LogP contribution in [0.25, 0.3) is 0 Å². The molecule has 0 aromatic rings. The van der Waals surface area contributed by atoms with Gasteiger partial charge in [-0.05, 0) is 65.8 Å². The van der Waals surface area contributed by atoms with Gasteiger partial charge in [0.25, 0.3) is 0 Å². The highest BCUT2D eigenvalue weighted by Crippen LogP contribution is 2.29. The Labute approximate surface area is 120 Å². The molecule has 1 fully saturated rings. The van der Waals surface area contributed by atoms with Crippen LogP contribution in [0.1, 0.15) is 79.6 Å². The van der Waals surface area contributed by atoms with Crippen molar-refractivity contribution in [2.45, 2.75) is 97.3 Å². The summed E-state index contributed by atoms with van der Waals surface area (Å²) in [4.78, 5) is 0. The van der Waals surface area contributed by atoms with Crippen molar-refractivity contribution in [3.63, 3.8) is 0 Å². The summed E-state index contributed by atoms with van der Waals surface area (Å²) in [6.07, 6.45) is 10.0. The van der Waals surface area contributed by atoms with E-state index in [0.29, 0.717) is 12.2 Å². The first-order valence-corrected chi connectivity index (χ1v) is 8.31. The molecule has 19 heavy (non-hydrogen) atoms. The number of nitrogens with one attached hydrogen (secondary N) is 1. The molecule has 1 rings (SSSR count). The highest BCUT2D eigenvalue weighted by Gasteiger charge is 2.22. The zero-order valence-electron chi connectivity index (χ0n) is 13.8. The monoisotopic (exact) mass is 269 g/mol. The molecule has 1 saturated carbocycles. The molecule has 0 radical (unpaired) electrons. The summed E-state index contributed by atoms with van der Waals surface area (Å²) in [5, 5.41) is 3.54. The van der Waals surface area contributed by atoms with Gasteiger partial charge in [-0.1, -0.05) is 26.2 Å². The minimum absolute atomic E-state index is 0.238. The smallest absolute Gasteiger partial charge is 0.0581 e. The summed E-state index contributed by atoms with van der Waals surface area (Å²) in [7, 11) is 0. The van der Waals surface area contributed by atoms with Crippen molar-refractivity contribution in [3.05, 3.63) is 0 Å². The zero-order valence-corrected chi connectivity index (χ0v) is 13.8. The molecule has 2 heteroatoms. The van der Waals surface area contributed by atoms with Gasteiger partial charge in [-0.25, -0.2) is 0 Å². The Morgan fingerprint density at radius 1 is 1.26 bits per heavy atom. The van der Waals surface area contributed by atoms with E-state index in [1.54, 1.807) is 0 Å². The maximum absolute atomic E-state index is 6.23. The summed E-state index contributed by atoms with van der Waals surface area (Å²) in [5.41, 5.74) is 0.238. The molecular weight excluding hydrogens is 234 g/mol. The minimum atomic E-state index is 0.238. The SMILES string of the molecule is CCC1CCCC(OC(C)CCCNC(C)(C)C)C1. The minimum Gasteiger partial charge on any atom is -0.375 e. The van der Waals surface area contributed by atoms with Crippen molar-refractivity contribution < 1.29 is 4.74 Å². The van der Waals surface area contributed by atoms with Gasteiger partial charge in [-0.3, -0.25) is 0 Å². The summed E-state index contributed by atoms with van der Waals surface area (Å²) < 4.78 is 6.23. The van der Waals surface area contributed by atoms with Crippen molar-refractivity contribution in [1.82, 2.24) is 5.32 Å². The van der Waals surface area contributed by atoms with Crippen LogP contribution < -0.4 is 5.32 Å². The summed E-state index contributed by atoms with van der Waals surface area (Å²) in [6.45, 7) is 12.3. The molecule has 0 aromatic heterocycles. The van der Waals surface area contributed by atoms with E-state index in [1.807, 2.05) is 0 Å². The highest BCUT2D eigenvalue weighted by molar-refractivity contribution is 4.74. The van der Waals surface area contributed by atoms with Gasteiger partial charge >= 0.3 is 0 Å². The molecule has 0 bridgehead atoms. The fourth-order valence-corrected chi connectivity index (χ4v) is 2.99. The summed E-state index contributed by atoms with van der Waals surface area (Å²) in [5.74, 6) is 0.911. The predicted octanol–water partition coefficient (Wildman–Crippen LogP) is 4.53. The van der Waals surface area contributed by atoms with Gasteiger partial charge in [-0.15, -0.1) is 0 Å². The van der Waals surface area contributed by atoms with Crippen LogP contribution in [0.15, 0.2) is 0 Å². The third kappa shape index (κ3) is 7.94. The highest BCUT2D eigenvalue weighted by atomic mass is 16.5. The van der Waals surface area contributed by atoms with Gasteiger partial charge in [0, 0.05) is 5.54 Å². The molecule has 0 aliphatic heterocycles. The second kappa shape index (κ2) is 8.26. The standard InChI is InChI=1S/C17H35NO/c1-6-15-10-7-11-16(13-15)19-14(2)9-8-12-18-17(3,4)5/h14-16,18H,6-13H2,1-5H3. The van der Waals surface area contributed by atoms with Crippen molar-refractivity contribution in [3.8, 4) is 0 Å². The van der Waals surface area contributed by atoms with Crippen LogP contribution in [-0.4, -0.2) is 24.3 Å². The van der Waals surface area contributed by atoms with E-state index in [0.717, 1.165) is 12.5 Å². The van der Waals surface area contributed by atoms with Crippen molar-refractivity contribution >= 4 is 0 Å². The average Bonchev–Trinajstić information content (AvgIpc) is 2.34. The van der Waals surface area contributed by atoms with E-state index in [-0.39, 0.29) is 5.54 Å². The lowest BCUT2D eigenvalue weighted by atomic mass is 9.85. The van der Waals surface area contributed by atoms with E-state index in [4.69, 9.17) is 4.74 Å². The first-order chi connectivity index (χ1) is 8.90. The zero-order chi connectivity index (χ0) is 14.3. The Morgan fingerprint density at radius 2 is 2.00 bits per heavy atom. The largest absolute Gasteiger partial charge is 0.375 e. The molecular formula is C17H35NO. The molecule has 1 N–H and O–H groups in total. The van der Waals surface area contributed by atoms with Gasteiger partial charge in [0.15, 0.2) is 0 Å². The fourth-order valence-electron chi connectivity index (χ4n) is 2.99. The Morgan fingerprint density at radius 3 is 2.63 bits per heavy atom. The van der Waals surface area contributed by atoms with Crippen LogP contribution >= 0.6 is 0 Å². The summed E-state index contributed by atoms with van der Waals surface area (Å²) >= 11 is 0. The molecule has 1 aliphatic rings. The van der Waals surface area contributed by atoms with E-state index < -0.39 is 0 Å². The van der Waals surface area contributed by atoms with Gasteiger partial charge in [0.1, 0.15) is 0 Å². The third-order valence-corrected chi connectivity index (χ3v) is 4.18. The second-order valence-electron chi connectivity index (χ2n) is 7.33. The van der Waals surface area contributed by atoms with Crippen LogP contribution in [0.5, 0.6) is 0 Å². The summed E-state index contributed by atoms with van der Waals surface area (Å²) in [6, 6.07) is 0. The van der Waals surface area contributed by atoms with Crippen LogP contribution in [0.4, 0.5) is 0 Å². The first-order valence-electron chi connectivity index (χ1n) is 8.31. The second-order valence-corrected chi connectivity index (χ2v) is 7.33. The van der Waals surface area contributed by atoms with Crippen LogP contribution in [0, 0.1) is 5.92 Å². The maximum Gasteiger partial charge on any atom is 0.0581 e. The Kier molecular flexibility index (Phi) is 7.38. The molecule has 3 unspecified atom stereocenters. The third-order valence-electron chi connectivity index (χ3n) is 4.18. The normalized spacial score (nSPS) is 26.4. The lowest BCUT2D eigenvalue weighted by Crippen LogP contribution is -2.36. The molecule has 0 saturated heterocycles. The first kappa shape index (κ1) is 17.0. The molecule has 0 spiro atoms. The quantitative estimate of drug-likeness (QED) is 0.686. The van der Waals surface area contributed by atoms with Gasteiger partial charge in [0.05, 0.1) is 12.2 Å². The van der Waals surface area contributed by atoms with E-state index >= 15 is 0 Å². The van der Waals surface area contributed by atoms with Crippen LogP contribution in [0.3, 0.4) is 0 Å². The molecule has 0 heterocycles. The molecule has 0 aromatic carbocycles. The van der Waals surface area contributed by atoms with E-state index in [2.05, 4.69) is 39.9 Å². The van der Waals surface area contributed by atoms with Gasteiger partial charge in [0.2, 0.25) is 0 Å².